The van der Waals surface area contributed by atoms with Crippen LogP contribution in [0.5, 0.6) is 0 Å². The fourth-order valence-corrected chi connectivity index (χ4v) is 5.40. The molecular formula is C29H37FN4O4S2. The number of sulfonamides is 1. The lowest BCUT2D eigenvalue weighted by Crippen LogP contribution is -2.49. The average molecular weight is 589 g/mol. The number of nitrogens with one attached hydrogen (secondary N) is 2. The third kappa shape index (κ3) is 8.61. The van der Waals surface area contributed by atoms with E-state index in [4.69, 9.17) is 5.73 Å². The van der Waals surface area contributed by atoms with Gasteiger partial charge in [-0.3, -0.25) is 13.9 Å². The number of anilines is 1. The SMILES string of the molecule is CCCC[C@H](N)[C@H](Cc1ccsc1)NC(=O)c1cc(C(=O)N[C@H](C)c2ccc(F)cc2)cc(N(C)S(C)(=O)=O)c1. The Morgan fingerprint density at radius 3 is 2.23 bits per heavy atom. The minimum Gasteiger partial charge on any atom is -0.347 e. The Kier molecular flexibility index (Phi) is 10.8. The highest BCUT2D eigenvalue weighted by molar-refractivity contribution is 7.92. The summed E-state index contributed by atoms with van der Waals surface area (Å²) in [6.07, 6.45) is 4.21. The molecule has 0 unspecified atom stereocenters. The van der Waals surface area contributed by atoms with Crippen molar-refractivity contribution >= 4 is 38.9 Å². The molecule has 0 aliphatic heterocycles. The van der Waals surface area contributed by atoms with E-state index in [0.29, 0.717) is 12.0 Å². The number of unbranched alkanes of at least 4 members (excludes halogenated alkanes) is 1. The summed E-state index contributed by atoms with van der Waals surface area (Å²) in [5, 5.41) is 9.84. The van der Waals surface area contributed by atoms with Crippen LogP contribution in [-0.2, 0) is 16.4 Å². The third-order valence-corrected chi connectivity index (χ3v) is 8.72. The van der Waals surface area contributed by atoms with Crippen molar-refractivity contribution in [1.82, 2.24) is 10.6 Å². The van der Waals surface area contributed by atoms with Gasteiger partial charge >= 0.3 is 0 Å². The van der Waals surface area contributed by atoms with Crippen LogP contribution < -0.4 is 20.7 Å². The van der Waals surface area contributed by atoms with Gasteiger partial charge in [-0.15, -0.1) is 0 Å². The first-order valence-corrected chi connectivity index (χ1v) is 15.9. The normalized spacial score (nSPS) is 13.8. The summed E-state index contributed by atoms with van der Waals surface area (Å²) >= 11 is 1.56. The van der Waals surface area contributed by atoms with Crippen LogP contribution in [0.2, 0.25) is 0 Å². The molecule has 2 aromatic carbocycles. The lowest BCUT2D eigenvalue weighted by atomic mass is 9.96. The van der Waals surface area contributed by atoms with Gasteiger partial charge in [0.2, 0.25) is 10.0 Å². The standard InChI is InChI=1S/C29H37FN4O4S2/c1-5-6-7-26(31)27(14-20-12-13-39-18-20)33-29(36)23-15-22(16-25(17-23)34(3)40(4,37)38)28(35)32-19(2)21-8-10-24(30)11-9-21/h8-13,15-19,26-27H,5-7,14,31H2,1-4H3,(H,32,35)(H,33,36)/t19-,26+,27+/m1/s1. The average Bonchev–Trinajstić information content (AvgIpc) is 3.43. The zero-order valence-corrected chi connectivity index (χ0v) is 24.8. The summed E-state index contributed by atoms with van der Waals surface area (Å²) in [7, 11) is -2.32. The molecular weight excluding hydrogens is 551 g/mol. The zero-order valence-electron chi connectivity index (χ0n) is 23.2. The summed E-state index contributed by atoms with van der Waals surface area (Å²) in [6, 6.07) is 10.9. The van der Waals surface area contributed by atoms with E-state index in [1.54, 1.807) is 30.4 Å². The van der Waals surface area contributed by atoms with E-state index < -0.39 is 27.9 Å². The van der Waals surface area contributed by atoms with Gasteiger partial charge in [-0.1, -0.05) is 31.9 Å². The van der Waals surface area contributed by atoms with Gasteiger partial charge in [-0.2, -0.15) is 11.3 Å². The molecule has 3 rings (SSSR count). The van der Waals surface area contributed by atoms with Gasteiger partial charge in [0.05, 0.1) is 18.0 Å². The van der Waals surface area contributed by atoms with Crippen LogP contribution >= 0.6 is 11.3 Å². The summed E-state index contributed by atoms with van der Waals surface area (Å²) in [5.74, 6) is -1.36. The van der Waals surface area contributed by atoms with Gasteiger partial charge in [-0.25, -0.2) is 12.8 Å². The van der Waals surface area contributed by atoms with Gasteiger partial charge in [0.1, 0.15) is 5.82 Å². The lowest BCUT2D eigenvalue weighted by Gasteiger charge is -2.26. The highest BCUT2D eigenvalue weighted by Crippen LogP contribution is 2.23. The molecule has 0 saturated heterocycles. The Morgan fingerprint density at radius 2 is 1.68 bits per heavy atom. The van der Waals surface area contributed by atoms with E-state index in [0.717, 1.165) is 35.4 Å². The molecule has 0 aliphatic carbocycles. The molecule has 1 aromatic heterocycles. The molecule has 3 aromatic rings. The van der Waals surface area contributed by atoms with Gasteiger partial charge < -0.3 is 16.4 Å². The number of amides is 2. The van der Waals surface area contributed by atoms with Crippen molar-refractivity contribution in [2.75, 3.05) is 17.6 Å². The van der Waals surface area contributed by atoms with Gasteiger partial charge in [-0.05, 0) is 78.1 Å². The van der Waals surface area contributed by atoms with Crippen LogP contribution in [0.25, 0.3) is 0 Å². The highest BCUT2D eigenvalue weighted by atomic mass is 32.2. The summed E-state index contributed by atoms with van der Waals surface area (Å²) < 4.78 is 39.0. The minimum atomic E-state index is -3.68. The molecule has 0 spiro atoms. The van der Waals surface area contributed by atoms with Crippen LogP contribution in [0.1, 0.15) is 71.0 Å². The van der Waals surface area contributed by atoms with E-state index in [1.165, 1.54) is 37.4 Å². The number of carbonyl (C=O) groups is 2. The van der Waals surface area contributed by atoms with Crippen LogP contribution in [0.4, 0.5) is 10.1 Å². The Hall–Kier alpha value is -3.28. The Labute approximate surface area is 239 Å². The number of thiophene rings is 1. The molecule has 8 nitrogen and oxygen atoms in total. The molecule has 2 amide bonds. The summed E-state index contributed by atoms with van der Waals surface area (Å²) in [4.78, 5) is 26.8. The Bertz CT molecular complexity index is 1400. The molecule has 4 N–H and O–H groups in total. The van der Waals surface area contributed by atoms with E-state index in [1.807, 2.05) is 16.8 Å². The molecule has 11 heteroatoms. The second kappa shape index (κ2) is 13.9. The van der Waals surface area contributed by atoms with Gasteiger partial charge in [0.15, 0.2) is 0 Å². The maximum Gasteiger partial charge on any atom is 0.251 e. The van der Waals surface area contributed by atoms with Gasteiger partial charge in [0, 0.05) is 30.3 Å². The molecule has 0 bridgehead atoms. The largest absolute Gasteiger partial charge is 0.347 e. The number of hydrogen-bond donors (Lipinski definition) is 3. The zero-order chi connectivity index (χ0) is 29.4. The number of hydrogen-bond acceptors (Lipinski definition) is 6. The molecule has 0 radical (unpaired) electrons. The first kappa shape index (κ1) is 31.3. The molecule has 216 valence electrons. The molecule has 0 fully saturated rings. The van der Waals surface area contributed by atoms with Crippen molar-refractivity contribution in [2.24, 2.45) is 5.73 Å². The second-order valence-corrected chi connectivity index (χ2v) is 12.8. The van der Waals surface area contributed by atoms with Crippen LogP contribution in [0.15, 0.2) is 59.3 Å². The smallest absolute Gasteiger partial charge is 0.251 e. The van der Waals surface area contributed by atoms with Crippen molar-refractivity contribution < 1.29 is 22.4 Å². The van der Waals surface area contributed by atoms with Crippen LogP contribution in [-0.4, -0.2) is 45.6 Å². The molecule has 40 heavy (non-hydrogen) atoms. The fourth-order valence-electron chi connectivity index (χ4n) is 4.23. The Balaban J connectivity index is 1.92. The van der Waals surface area contributed by atoms with Gasteiger partial charge in [0.25, 0.3) is 11.8 Å². The van der Waals surface area contributed by atoms with Crippen molar-refractivity contribution in [2.45, 2.75) is 57.7 Å². The number of benzene rings is 2. The van der Waals surface area contributed by atoms with E-state index in [-0.39, 0.29) is 34.7 Å². The number of nitrogens with two attached hydrogens (primary N) is 1. The van der Waals surface area contributed by atoms with Crippen LogP contribution in [0.3, 0.4) is 0 Å². The summed E-state index contributed by atoms with van der Waals surface area (Å²) in [5.41, 5.74) is 8.65. The fraction of sp³-hybridized carbons (Fsp3) is 0.379. The van der Waals surface area contributed by atoms with Crippen molar-refractivity contribution in [3.63, 3.8) is 0 Å². The van der Waals surface area contributed by atoms with E-state index in [9.17, 15) is 22.4 Å². The van der Waals surface area contributed by atoms with Crippen molar-refractivity contribution in [1.29, 1.82) is 0 Å². The topological polar surface area (TPSA) is 122 Å². The monoisotopic (exact) mass is 588 g/mol. The predicted molar refractivity (Wildman–Crippen MR) is 159 cm³/mol. The summed E-state index contributed by atoms with van der Waals surface area (Å²) in [6.45, 7) is 3.82. The molecule has 3 atom stereocenters. The predicted octanol–water partition coefficient (Wildman–Crippen LogP) is 4.63. The molecule has 1 heterocycles. The minimum absolute atomic E-state index is 0.108. The maximum atomic E-state index is 13.5. The Morgan fingerprint density at radius 1 is 1.05 bits per heavy atom. The van der Waals surface area contributed by atoms with Crippen molar-refractivity contribution in [3.05, 3.63) is 87.4 Å². The highest BCUT2D eigenvalue weighted by Gasteiger charge is 2.24. The first-order valence-electron chi connectivity index (χ1n) is 13.1. The number of rotatable bonds is 13. The van der Waals surface area contributed by atoms with Crippen molar-refractivity contribution in [3.8, 4) is 0 Å². The first-order chi connectivity index (χ1) is 18.9. The number of nitrogens with zero attached hydrogens (tertiary/aromatic N) is 1. The molecule has 0 saturated carbocycles. The van der Waals surface area contributed by atoms with Crippen LogP contribution in [0, 0.1) is 5.82 Å². The third-order valence-electron chi connectivity index (χ3n) is 6.78. The number of halogens is 1. The second-order valence-electron chi connectivity index (χ2n) is 9.97. The van der Waals surface area contributed by atoms with E-state index in [2.05, 4.69) is 17.6 Å². The molecule has 0 aliphatic rings. The van der Waals surface area contributed by atoms with E-state index >= 15 is 0 Å². The number of carbonyl (C=O) groups excluding carboxylic acids is 2. The quantitative estimate of drug-likeness (QED) is 0.269. The maximum absolute atomic E-state index is 13.5. The lowest BCUT2D eigenvalue weighted by molar-refractivity contribution is 0.0929.